The Morgan fingerprint density at radius 1 is 1.32 bits per heavy atom. The Kier molecular flexibility index (Phi) is 6.47. The molecule has 1 heterocycles. The third kappa shape index (κ3) is 4.98. The SMILES string of the molecule is C=CCNC(=NC)NCC1(c2cccc(C(F)(F)F)c2)CCOCC1. The standard InChI is InChI=1S/C18H24F3N3O/c1-3-9-23-16(22-2)24-13-17(7-10-25-11-8-17)14-5-4-6-15(12-14)18(19,20)21/h3-6,12H,1,7-11,13H2,2H3,(H2,22,23,24). The van der Waals surface area contributed by atoms with Crippen molar-refractivity contribution in [2.24, 2.45) is 4.99 Å². The topological polar surface area (TPSA) is 45.7 Å². The van der Waals surface area contributed by atoms with Gasteiger partial charge < -0.3 is 15.4 Å². The van der Waals surface area contributed by atoms with Crippen molar-refractivity contribution in [3.63, 3.8) is 0 Å². The van der Waals surface area contributed by atoms with Gasteiger partial charge in [-0.2, -0.15) is 13.2 Å². The molecule has 1 aliphatic heterocycles. The zero-order valence-corrected chi connectivity index (χ0v) is 14.3. The molecule has 1 fully saturated rings. The molecule has 0 radical (unpaired) electrons. The molecule has 0 unspecified atom stereocenters. The van der Waals surface area contributed by atoms with Gasteiger partial charge in [0.15, 0.2) is 5.96 Å². The Balaban J connectivity index is 2.24. The van der Waals surface area contributed by atoms with Gasteiger partial charge in [-0.25, -0.2) is 0 Å². The monoisotopic (exact) mass is 355 g/mol. The third-order valence-corrected chi connectivity index (χ3v) is 4.48. The number of aliphatic imine (C=N–C) groups is 1. The van der Waals surface area contributed by atoms with Crippen molar-refractivity contribution >= 4 is 5.96 Å². The van der Waals surface area contributed by atoms with E-state index >= 15 is 0 Å². The lowest BCUT2D eigenvalue weighted by molar-refractivity contribution is -0.137. The van der Waals surface area contributed by atoms with Crippen LogP contribution >= 0.6 is 0 Å². The van der Waals surface area contributed by atoms with E-state index in [1.807, 2.05) is 0 Å². The highest BCUT2D eigenvalue weighted by Crippen LogP contribution is 2.37. The Hall–Kier alpha value is -2.02. The van der Waals surface area contributed by atoms with E-state index in [-0.39, 0.29) is 0 Å². The van der Waals surface area contributed by atoms with Crippen LogP contribution in [0.4, 0.5) is 13.2 Å². The number of hydrogen-bond donors (Lipinski definition) is 2. The van der Waals surface area contributed by atoms with Gasteiger partial charge in [-0.1, -0.05) is 24.3 Å². The molecule has 0 saturated carbocycles. The molecule has 1 aliphatic rings. The van der Waals surface area contributed by atoms with Crippen LogP contribution in [0.3, 0.4) is 0 Å². The van der Waals surface area contributed by atoms with E-state index in [2.05, 4.69) is 22.2 Å². The van der Waals surface area contributed by atoms with Gasteiger partial charge in [0.05, 0.1) is 5.56 Å². The van der Waals surface area contributed by atoms with Crippen molar-refractivity contribution < 1.29 is 17.9 Å². The van der Waals surface area contributed by atoms with E-state index in [1.165, 1.54) is 12.1 Å². The average molecular weight is 355 g/mol. The fourth-order valence-electron chi connectivity index (χ4n) is 3.00. The van der Waals surface area contributed by atoms with Crippen LogP contribution < -0.4 is 10.6 Å². The maximum atomic E-state index is 13.1. The van der Waals surface area contributed by atoms with E-state index in [0.29, 0.717) is 50.7 Å². The average Bonchev–Trinajstić information content (AvgIpc) is 2.62. The Bertz CT molecular complexity index is 608. The number of guanidine groups is 1. The molecule has 0 spiro atoms. The van der Waals surface area contributed by atoms with Crippen LogP contribution in [0.25, 0.3) is 0 Å². The van der Waals surface area contributed by atoms with Gasteiger partial charge in [0, 0.05) is 38.8 Å². The van der Waals surface area contributed by atoms with E-state index in [4.69, 9.17) is 4.74 Å². The molecule has 138 valence electrons. The van der Waals surface area contributed by atoms with Crippen molar-refractivity contribution in [3.05, 3.63) is 48.0 Å². The summed E-state index contributed by atoms with van der Waals surface area (Å²) in [6.45, 7) is 5.73. The molecule has 2 N–H and O–H groups in total. The zero-order chi connectivity index (χ0) is 18.3. The number of hydrogen-bond acceptors (Lipinski definition) is 2. The zero-order valence-electron chi connectivity index (χ0n) is 14.3. The summed E-state index contributed by atoms with van der Waals surface area (Å²) in [5.74, 6) is 0.595. The summed E-state index contributed by atoms with van der Waals surface area (Å²) in [5, 5.41) is 6.30. The van der Waals surface area contributed by atoms with Gasteiger partial charge in [-0.05, 0) is 24.5 Å². The first-order valence-corrected chi connectivity index (χ1v) is 8.22. The summed E-state index contributed by atoms with van der Waals surface area (Å²) in [4.78, 5) is 4.13. The predicted octanol–water partition coefficient (Wildman–Crippen LogP) is 3.10. The highest BCUT2D eigenvalue weighted by molar-refractivity contribution is 5.79. The van der Waals surface area contributed by atoms with Gasteiger partial charge in [0.1, 0.15) is 0 Å². The first kappa shape index (κ1) is 19.3. The molecule has 0 aromatic heterocycles. The van der Waals surface area contributed by atoms with Gasteiger partial charge in [0.25, 0.3) is 0 Å². The van der Waals surface area contributed by atoms with Crippen molar-refractivity contribution in [1.29, 1.82) is 0 Å². The van der Waals surface area contributed by atoms with Gasteiger partial charge in [-0.3, -0.25) is 4.99 Å². The van der Waals surface area contributed by atoms with Crippen LogP contribution in [0, 0.1) is 0 Å². The van der Waals surface area contributed by atoms with Crippen LogP contribution in [0.1, 0.15) is 24.0 Å². The maximum absolute atomic E-state index is 13.1. The van der Waals surface area contributed by atoms with Crippen LogP contribution in [-0.2, 0) is 16.3 Å². The molecule has 0 bridgehead atoms. The quantitative estimate of drug-likeness (QED) is 0.485. The lowest BCUT2D eigenvalue weighted by Gasteiger charge is -2.38. The normalized spacial score (nSPS) is 17.8. The second-order valence-corrected chi connectivity index (χ2v) is 6.07. The molecule has 0 atom stereocenters. The number of halogens is 3. The Labute approximate surface area is 146 Å². The molecule has 0 aliphatic carbocycles. The number of nitrogens with one attached hydrogen (secondary N) is 2. The molecule has 7 heteroatoms. The van der Waals surface area contributed by atoms with Crippen LogP contribution in [0.2, 0.25) is 0 Å². The van der Waals surface area contributed by atoms with Gasteiger partial charge >= 0.3 is 6.18 Å². The molecular weight excluding hydrogens is 331 g/mol. The number of benzene rings is 1. The molecule has 1 saturated heterocycles. The molecule has 2 rings (SSSR count). The summed E-state index contributed by atoms with van der Waals surface area (Å²) < 4.78 is 44.7. The summed E-state index contributed by atoms with van der Waals surface area (Å²) >= 11 is 0. The largest absolute Gasteiger partial charge is 0.416 e. The van der Waals surface area contributed by atoms with E-state index < -0.39 is 17.2 Å². The first-order valence-electron chi connectivity index (χ1n) is 8.22. The third-order valence-electron chi connectivity index (χ3n) is 4.48. The molecule has 1 aromatic rings. The molecule has 0 amide bonds. The molecule has 1 aromatic carbocycles. The van der Waals surface area contributed by atoms with Crippen LogP contribution in [0.15, 0.2) is 41.9 Å². The lowest BCUT2D eigenvalue weighted by Crippen LogP contribution is -2.48. The number of rotatable bonds is 5. The van der Waals surface area contributed by atoms with E-state index in [0.717, 1.165) is 6.07 Å². The second kappa shape index (κ2) is 8.38. The lowest BCUT2D eigenvalue weighted by atomic mass is 9.73. The minimum Gasteiger partial charge on any atom is -0.381 e. The summed E-state index contributed by atoms with van der Waals surface area (Å²) in [7, 11) is 1.65. The smallest absolute Gasteiger partial charge is 0.381 e. The summed E-state index contributed by atoms with van der Waals surface area (Å²) in [5.41, 5.74) is -0.368. The Morgan fingerprint density at radius 3 is 2.64 bits per heavy atom. The molecule has 25 heavy (non-hydrogen) atoms. The van der Waals surface area contributed by atoms with E-state index in [9.17, 15) is 13.2 Å². The van der Waals surface area contributed by atoms with Crippen molar-refractivity contribution in [2.75, 3.05) is 33.4 Å². The fourth-order valence-corrected chi connectivity index (χ4v) is 3.00. The first-order chi connectivity index (χ1) is 11.9. The Morgan fingerprint density at radius 2 is 2.04 bits per heavy atom. The highest BCUT2D eigenvalue weighted by atomic mass is 19.4. The van der Waals surface area contributed by atoms with Crippen LogP contribution in [0.5, 0.6) is 0 Å². The van der Waals surface area contributed by atoms with Crippen molar-refractivity contribution in [2.45, 2.75) is 24.4 Å². The minimum atomic E-state index is -4.35. The second-order valence-electron chi connectivity index (χ2n) is 6.07. The number of alkyl halides is 3. The number of nitrogens with zero attached hydrogens (tertiary/aromatic N) is 1. The highest BCUT2D eigenvalue weighted by Gasteiger charge is 2.37. The summed E-state index contributed by atoms with van der Waals surface area (Å²) in [6, 6.07) is 5.60. The van der Waals surface area contributed by atoms with Gasteiger partial charge in [0.2, 0.25) is 0 Å². The summed E-state index contributed by atoms with van der Waals surface area (Å²) in [6.07, 6.45) is -1.33. The van der Waals surface area contributed by atoms with Crippen LogP contribution in [-0.4, -0.2) is 39.3 Å². The number of ether oxygens (including phenoxy) is 1. The minimum absolute atomic E-state index is 0.425. The van der Waals surface area contributed by atoms with E-state index in [1.54, 1.807) is 19.2 Å². The van der Waals surface area contributed by atoms with Crippen molar-refractivity contribution in [3.8, 4) is 0 Å². The maximum Gasteiger partial charge on any atom is 0.416 e. The molecule has 4 nitrogen and oxygen atoms in total. The molecular formula is C18H24F3N3O. The fraction of sp³-hybridized carbons (Fsp3) is 0.500. The van der Waals surface area contributed by atoms with Crippen molar-refractivity contribution in [1.82, 2.24) is 10.6 Å². The predicted molar refractivity (Wildman–Crippen MR) is 92.7 cm³/mol. The van der Waals surface area contributed by atoms with Gasteiger partial charge in [-0.15, -0.1) is 6.58 Å².